The van der Waals surface area contributed by atoms with Crippen molar-refractivity contribution in [2.24, 2.45) is 0 Å². The Bertz CT molecular complexity index is 591. The number of fused-ring (bicyclic) bond motifs is 1. The number of methoxy groups -OCH3 is 1. The molecule has 0 aliphatic heterocycles. The van der Waals surface area contributed by atoms with Crippen molar-refractivity contribution in [1.29, 1.82) is 0 Å². The zero-order chi connectivity index (χ0) is 11.4. The second-order valence-electron chi connectivity index (χ2n) is 2.97. The normalized spacial score (nSPS) is 9.31. The molecule has 1 aromatic heterocycles. The van der Waals surface area contributed by atoms with E-state index in [1.165, 1.54) is 7.11 Å². The Hall–Kier alpha value is -2.41. The van der Waals surface area contributed by atoms with Gasteiger partial charge in [-0.25, -0.2) is 4.79 Å². The first kappa shape index (κ1) is 10.1. The van der Waals surface area contributed by atoms with Crippen LogP contribution >= 0.6 is 0 Å². The molecule has 0 radical (unpaired) electrons. The van der Waals surface area contributed by atoms with Gasteiger partial charge in [-0.1, -0.05) is 12.0 Å². The summed E-state index contributed by atoms with van der Waals surface area (Å²) < 4.78 is 4.44. The van der Waals surface area contributed by atoms with Crippen molar-refractivity contribution in [3.05, 3.63) is 36.2 Å². The fraction of sp³-hybridized carbons (Fsp3) is 0.0833. The molecule has 2 aromatic rings. The standard InChI is InChI=1S/C12H8N2O2/c1-16-11(15)6-5-9-3-2-4-10-12(9)14-8-7-13-10/h2-4,7-8H,1H3. The maximum atomic E-state index is 10.9. The quantitative estimate of drug-likeness (QED) is 0.485. The highest BCUT2D eigenvalue weighted by atomic mass is 16.5. The molecule has 0 fully saturated rings. The summed E-state index contributed by atoms with van der Waals surface area (Å²) in [6.07, 6.45) is 3.20. The number of hydrogen-bond acceptors (Lipinski definition) is 4. The van der Waals surface area contributed by atoms with Crippen LogP contribution in [0, 0.1) is 11.8 Å². The topological polar surface area (TPSA) is 52.1 Å². The SMILES string of the molecule is COC(=O)C#Cc1cccc2nccnc12. The van der Waals surface area contributed by atoms with Crippen molar-refractivity contribution in [3.63, 3.8) is 0 Å². The molecule has 0 saturated carbocycles. The number of nitrogens with zero attached hydrogens (tertiary/aromatic N) is 2. The van der Waals surface area contributed by atoms with Crippen LogP contribution in [0.5, 0.6) is 0 Å². The van der Waals surface area contributed by atoms with E-state index in [4.69, 9.17) is 0 Å². The average Bonchev–Trinajstić information content (AvgIpc) is 2.35. The van der Waals surface area contributed by atoms with Gasteiger partial charge in [-0.3, -0.25) is 9.97 Å². The number of para-hydroxylation sites is 1. The van der Waals surface area contributed by atoms with Crippen LogP contribution in [0.15, 0.2) is 30.6 Å². The zero-order valence-corrected chi connectivity index (χ0v) is 8.60. The fourth-order valence-corrected chi connectivity index (χ4v) is 1.26. The van der Waals surface area contributed by atoms with Gasteiger partial charge in [-0.15, -0.1) is 0 Å². The minimum absolute atomic E-state index is 0.569. The number of esters is 1. The van der Waals surface area contributed by atoms with E-state index >= 15 is 0 Å². The van der Waals surface area contributed by atoms with Crippen molar-refractivity contribution in [3.8, 4) is 11.8 Å². The summed E-state index contributed by atoms with van der Waals surface area (Å²) in [5.41, 5.74) is 2.09. The Morgan fingerprint density at radius 2 is 2.12 bits per heavy atom. The van der Waals surface area contributed by atoms with E-state index in [-0.39, 0.29) is 0 Å². The lowest BCUT2D eigenvalue weighted by Crippen LogP contribution is -1.95. The van der Waals surface area contributed by atoms with Gasteiger partial charge in [0, 0.05) is 18.3 Å². The largest absolute Gasteiger partial charge is 0.459 e. The molecular formula is C12H8N2O2. The Morgan fingerprint density at radius 3 is 2.94 bits per heavy atom. The Morgan fingerprint density at radius 1 is 1.31 bits per heavy atom. The van der Waals surface area contributed by atoms with Gasteiger partial charge in [0.25, 0.3) is 0 Å². The first-order valence-electron chi connectivity index (χ1n) is 4.61. The highest BCUT2D eigenvalue weighted by Crippen LogP contribution is 2.12. The number of aromatic nitrogens is 2. The Kier molecular flexibility index (Phi) is 2.79. The number of carbonyl (C=O) groups excluding carboxylic acids is 1. The van der Waals surface area contributed by atoms with E-state index in [0.29, 0.717) is 11.1 Å². The second-order valence-corrected chi connectivity index (χ2v) is 2.97. The van der Waals surface area contributed by atoms with Crippen molar-refractivity contribution in [2.45, 2.75) is 0 Å². The number of rotatable bonds is 0. The summed E-state index contributed by atoms with van der Waals surface area (Å²) in [6.45, 7) is 0. The van der Waals surface area contributed by atoms with Crippen LogP contribution in [0.25, 0.3) is 11.0 Å². The maximum Gasteiger partial charge on any atom is 0.384 e. The third-order valence-electron chi connectivity index (χ3n) is 1.98. The van der Waals surface area contributed by atoms with Crippen LogP contribution in [0.2, 0.25) is 0 Å². The zero-order valence-electron chi connectivity index (χ0n) is 8.60. The molecule has 0 aliphatic rings. The molecule has 0 saturated heterocycles. The summed E-state index contributed by atoms with van der Waals surface area (Å²) in [7, 11) is 1.29. The molecule has 0 aliphatic carbocycles. The third kappa shape index (κ3) is 1.98. The molecule has 16 heavy (non-hydrogen) atoms. The smallest absolute Gasteiger partial charge is 0.384 e. The average molecular weight is 212 g/mol. The van der Waals surface area contributed by atoms with Gasteiger partial charge >= 0.3 is 5.97 Å². The highest BCUT2D eigenvalue weighted by molar-refractivity contribution is 5.90. The van der Waals surface area contributed by atoms with Crippen molar-refractivity contribution < 1.29 is 9.53 Å². The van der Waals surface area contributed by atoms with Crippen LogP contribution in [0.3, 0.4) is 0 Å². The molecule has 1 heterocycles. The van der Waals surface area contributed by atoms with Gasteiger partial charge in [-0.2, -0.15) is 0 Å². The number of carbonyl (C=O) groups is 1. The van der Waals surface area contributed by atoms with E-state index in [9.17, 15) is 4.79 Å². The lowest BCUT2D eigenvalue weighted by Gasteiger charge is -1.96. The summed E-state index contributed by atoms with van der Waals surface area (Å²) in [6, 6.07) is 5.44. The van der Waals surface area contributed by atoms with Crippen LogP contribution < -0.4 is 0 Å². The highest BCUT2D eigenvalue weighted by Gasteiger charge is 1.99. The molecule has 0 unspecified atom stereocenters. The number of ether oxygens (including phenoxy) is 1. The van der Waals surface area contributed by atoms with Gasteiger partial charge in [0.05, 0.1) is 18.2 Å². The lowest BCUT2D eigenvalue weighted by molar-refractivity contribution is -0.133. The van der Waals surface area contributed by atoms with Crippen LogP contribution in [-0.4, -0.2) is 23.0 Å². The summed E-state index contributed by atoms with van der Waals surface area (Å²) in [4.78, 5) is 19.2. The van der Waals surface area contributed by atoms with Crippen molar-refractivity contribution >= 4 is 17.0 Å². The molecule has 0 amide bonds. The lowest BCUT2D eigenvalue weighted by atomic mass is 10.2. The first-order valence-corrected chi connectivity index (χ1v) is 4.61. The minimum Gasteiger partial charge on any atom is -0.459 e. The van der Waals surface area contributed by atoms with E-state index in [1.54, 1.807) is 18.5 Å². The molecule has 0 bridgehead atoms. The van der Waals surface area contributed by atoms with E-state index < -0.39 is 5.97 Å². The molecule has 4 nitrogen and oxygen atoms in total. The molecule has 2 rings (SSSR count). The predicted molar refractivity (Wildman–Crippen MR) is 58.4 cm³/mol. The van der Waals surface area contributed by atoms with Crippen LogP contribution in [0.4, 0.5) is 0 Å². The van der Waals surface area contributed by atoms with Gasteiger partial charge < -0.3 is 4.74 Å². The van der Waals surface area contributed by atoms with Crippen LogP contribution in [0.1, 0.15) is 5.56 Å². The van der Waals surface area contributed by atoms with Gasteiger partial charge in [-0.05, 0) is 12.1 Å². The number of hydrogen-bond donors (Lipinski definition) is 0. The van der Waals surface area contributed by atoms with Gasteiger partial charge in [0.1, 0.15) is 5.52 Å². The minimum atomic E-state index is -0.569. The fourth-order valence-electron chi connectivity index (χ4n) is 1.26. The van der Waals surface area contributed by atoms with E-state index in [1.807, 2.05) is 12.1 Å². The molecule has 0 N–H and O–H groups in total. The van der Waals surface area contributed by atoms with Gasteiger partial charge in [0.15, 0.2) is 0 Å². The maximum absolute atomic E-state index is 10.9. The molecule has 78 valence electrons. The molecule has 0 spiro atoms. The summed E-state index contributed by atoms with van der Waals surface area (Å²) in [5, 5.41) is 0. The number of benzene rings is 1. The summed E-state index contributed by atoms with van der Waals surface area (Å²) >= 11 is 0. The summed E-state index contributed by atoms with van der Waals surface area (Å²) in [5.74, 6) is 4.50. The third-order valence-corrected chi connectivity index (χ3v) is 1.98. The first-order chi connectivity index (χ1) is 7.81. The van der Waals surface area contributed by atoms with Gasteiger partial charge in [0.2, 0.25) is 0 Å². The Labute approximate surface area is 92.3 Å². The molecular weight excluding hydrogens is 204 g/mol. The van der Waals surface area contributed by atoms with Crippen LogP contribution in [-0.2, 0) is 9.53 Å². The monoisotopic (exact) mass is 212 g/mol. The van der Waals surface area contributed by atoms with Crippen molar-refractivity contribution in [1.82, 2.24) is 9.97 Å². The van der Waals surface area contributed by atoms with E-state index in [0.717, 1.165) is 5.52 Å². The second kappa shape index (κ2) is 4.41. The van der Waals surface area contributed by atoms with Crippen molar-refractivity contribution in [2.75, 3.05) is 7.11 Å². The molecule has 1 aromatic carbocycles. The molecule has 4 heteroatoms. The Balaban J connectivity index is 2.51. The van der Waals surface area contributed by atoms with E-state index in [2.05, 4.69) is 26.5 Å². The predicted octanol–water partition coefficient (Wildman–Crippen LogP) is 1.15. The molecule has 0 atom stereocenters.